The van der Waals surface area contributed by atoms with Crippen molar-refractivity contribution in [1.29, 1.82) is 0 Å². The van der Waals surface area contributed by atoms with E-state index < -0.39 is 5.60 Å². The average molecular weight is 306 g/mol. The number of fused-ring (bicyclic) bond motifs is 4. The van der Waals surface area contributed by atoms with Gasteiger partial charge < -0.3 is 10.2 Å². The fourth-order valence-electron chi connectivity index (χ4n) is 5.91. The van der Waals surface area contributed by atoms with Crippen LogP contribution in [0.5, 0.6) is 0 Å². The van der Waals surface area contributed by atoms with Gasteiger partial charge in [0.15, 0.2) is 0 Å². The Labute approximate surface area is 136 Å². The van der Waals surface area contributed by atoms with E-state index >= 15 is 0 Å². The van der Waals surface area contributed by atoms with Crippen LogP contribution in [0.25, 0.3) is 0 Å². The highest BCUT2D eigenvalue weighted by Crippen LogP contribution is 2.66. The predicted molar refractivity (Wildman–Crippen MR) is 90.5 cm³/mol. The highest BCUT2D eigenvalue weighted by molar-refractivity contribution is 5.13. The summed E-state index contributed by atoms with van der Waals surface area (Å²) in [6, 6.07) is 0. The van der Waals surface area contributed by atoms with Crippen molar-refractivity contribution in [3.63, 3.8) is 0 Å². The second-order valence-corrected chi connectivity index (χ2v) is 9.42. The van der Waals surface area contributed by atoms with E-state index in [2.05, 4.69) is 33.8 Å². The number of rotatable bonds is 3. The van der Waals surface area contributed by atoms with Crippen LogP contribution in [0.2, 0.25) is 0 Å². The van der Waals surface area contributed by atoms with Crippen LogP contribution in [-0.2, 0) is 0 Å². The maximum Gasteiger partial charge on any atom is 0.0686 e. The predicted octanol–water partition coefficient (Wildman–Crippen LogP) is 4.45. The second kappa shape index (κ2) is 5.34. The van der Waals surface area contributed by atoms with Crippen molar-refractivity contribution >= 4 is 0 Å². The Bertz CT molecular complexity index is 466. The standard InChI is InChI=1S/C20H34O2/c1-14(2)6-5-9-18(3)12-16-15(18)7-10-19(4)13-20(16,22)11-8-17(19)21/h6,15-17,21-22H,5,7-13H2,1-4H3/t15-,16-,17-,18-,19-,20+/m0/s1. The smallest absolute Gasteiger partial charge is 0.0686 e. The third-order valence-electron chi connectivity index (χ3n) is 7.42. The van der Waals surface area contributed by atoms with E-state index in [1.54, 1.807) is 0 Å². The van der Waals surface area contributed by atoms with Crippen LogP contribution in [0.3, 0.4) is 0 Å². The molecular formula is C20H34O2. The van der Waals surface area contributed by atoms with E-state index in [1.807, 2.05) is 0 Å². The summed E-state index contributed by atoms with van der Waals surface area (Å²) in [5.74, 6) is 1.12. The highest BCUT2D eigenvalue weighted by atomic mass is 16.3. The van der Waals surface area contributed by atoms with Crippen molar-refractivity contribution < 1.29 is 10.2 Å². The van der Waals surface area contributed by atoms with Crippen LogP contribution in [0, 0.1) is 22.7 Å². The Morgan fingerprint density at radius 1 is 1.14 bits per heavy atom. The van der Waals surface area contributed by atoms with Gasteiger partial charge in [0, 0.05) is 0 Å². The zero-order chi connectivity index (χ0) is 16.2. The molecule has 3 aliphatic carbocycles. The molecule has 6 atom stereocenters. The lowest BCUT2D eigenvalue weighted by Crippen LogP contribution is -2.58. The molecule has 2 bridgehead atoms. The zero-order valence-corrected chi connectivity index (χ0v) is 14.9. The summed E-state index contributed by atoms with van der Waals surface area (Å²) in [4.78, 5) is 0. The molecule has 0 heterocycles. The lowest BCUT2D eigenvalue weighted by Gasteiger charge is -2.59. The van der Waals surface area contributed by atoms with E-state index in [0.29, 0.717) is 17.3 Å². The van der Waals surface area contributed by atoms with E-state index in [9.17, 15) is 10.2 Å². The van der Waals surface area contributed by atoms with Gasteiger partial charge in [-0.05, 0) is 87.9 Å². The Morgan fingerprint density at radius 2 is 1.86 bits per heavy atom. The number of hydrogen-bond acceptors (Lipinski definition) is 2. The van der Waals surface area contributed by atoms with Crippen LogP contribution in [-0.4, -0.2) is 21.9 Å². The monoisotopic (exact) mass is 306 g/mol. The van der Waals surface area contributed by atoms with Gasteiger partial charge in [-0.2, -0.15) is 0 Å². The first-order valence-electron chi connectivity index (χ1n) is 9.22. The van der Waals surface area contributed by atoms with Gasteiger partial charge in [-0.25, -0.2) is 0 Å². The van der Waals surface area contributed by atoms with Crippen LogP contribution < -0.4 is 0 Å². The molecule has 3 fully saturated rings. The van der Waals surface area contributed by atoms with Crippen molar-refractivity contribution in [2.45, 2.75) is 90.8 Å². The first kappa shape index (κ1) is 16.5. The van der Waals surface area contributed by atoms with Crippen LogP contribution in [0.4, 0.5) is 0 Å². The summed E-state index contributed by atoms with van der Waals surface area (Å²) in [5.41, 5.74) is 1.23. The van der Waals surface area contributed by atoms with Gasteiger partial charge in [0.05, 0.1) is 11.7 Å². The zero-order valence-electron chi connectivity index (χ0n) is 14.9. The summed E-state index contributed by atoms with van der Waals surface area (Å²) in [6.45, 7) is 8.98. The van der Waals surface area contributed by atoms with Crippen molar-refractivity contribution in [2.24, 2.45) is 22.7 Å². The average Bonchev–Trinajstić information content (AvgIpc) is 2.48. The van der Waals surface area contributed by atoms with E-state index in [0.717, 1.165) is 25.7 Å². The first-order valence-corrected chi connectivity index (χ1v) is 9.22. The number of aliphatic hydroxyl groups is 2. The molecule has 2 heteroatoms. The summed E-state index contributed by atoms with van der Waals surface area (Å²) < 4.78 is 0. The van der Waals surface area contributed by atoms with Crippen molar-refractivity contribution in [1.82, 2.24) is 0 Å². The quantitative estimate of drug-likeness (QED) is 0.756. The summed E-state index contributed by atoms with van der Waals surface area (Å²) in [7, 11) is 0. The molecular weight excluding hydrogens is 272 g/mol. The molecule has 0 saturated heterocycles. The molecule has 0 aromatic rings. The van der Waals surface area contributed by atoms with E-state index in [-0.39, 0.29) is 11.5 Å². The maximum absolute atomic E-state index is 11.3. The van der Waals surface area contributed by atoms with Gasteiger partial charge in [0.1, 0.15) is 0 Å². The van der Waals surface area contributed by atoms with Crippen molar-refractivity contribution in [2.75, 3.05) is 0 Å². The van der Waals surface area contributed by atoms with Gasteiger partial charge in [-0.15, -0.1) is 0 Å². The Morgan fingerprint density at radius 3 is 2.55 bits per heavy atom. The van der Waals surface area contributed by atoms with E-state index in [1.165, 1.54) is 31.3 Å². The largest absolute Gasteiger partial charge is 0.393 e. The third-order valence-corrected chi connectivity index (χ3v) is 7.42. The molecule has 2 nitrogen and oxygen atoms in total. The maximum atomic E-state index is 11.3. The minimum Gasteiger partial charge on any atom is -0.393 e. The molecule has 3 rings (SSSR count). The fraction of sp³-hybridized carbons (Fsp3) is 0.900. The molecule has 0 aliphatic heterocycles. The van der Waals surface area contributed by atoms with Gasteiger partial charge in [-0.3, -0.25) is 0 Å². The summed E-state index contributed by atoms with van der Waals surface area (Å²) in [5, 5.41) is 21.7. The lowest BCUT2D eigenvalue weighted by atomic mass is 9.47. The molecule has 0 unspecified atom stereocenters. The minimum absolute atomic E-state index is 0.0643. The normalized spacial score (nSPS) is 50.5. The fourth-order valence-corrected chi connectivity index (χ4v) is 5.91. The highest BCUT2D eigenvalue weighted by Gasteiger charge is 2.62. The second-order valence-electron chi connectivity index (χ2n) is 9.42. The molecule has 126 valence electrons. The summed E-state index contributed by atoms with van der Waals surface area (Å²) in [6.07, 6.45) is 10.4. The Balaban J connectivity index is 1.76. The molecule has 0 radical (unpaired) electrons. The molecule has 2 N–H and O–H groups in total. The number of allylic oxidation sites excluding steroid dienone is 2. The van der Waals surface area contributed by atoms with Crippen molar-refractivity contribution in [3.05, 3.63) is 11.6 Å². The molecule has 3 aliphatic rings. The molecule has 0 spiro atoms. The van der Waals surface area contributed by atoms with Crippen molar-refractivity contribution in [3.8, 4) is 0 Å². The number of hydrogen-bond donors (Lipinski definition) is 2. The third kappa shape index (κ3) is 2.57. The van der Waals surface area contributed by atoms with Crippen LogP contribution in [0.15, 0.2) is 11.6 Å². The molecule has 0 amide bonds. The molecule has 22 heavy (non-hydrogen) atoms. The van der Waals surface area contributed by atoms with Crippen LogP contribution in [0.1, 0.15) is 79.1 Å². The van der Waals surface area contributed by atoms with Gasteiger partial charge in [0.2, 0.25) is 0 Å². The summed E-state index contributed by atoms with van der Waals surface area (Å²) >= 11 is 0. The van der Waals surface area contributed by atoms with Gasteiger partial charge in [0.25, 0.3) is 0 Å². The number of aliphatic hydroxyl groups excluding tert-OH is 1. The SMILES string of the molecule is CC(C)=CCC[C@@]1(C)C[C@H]2[C@@H]1CC[C@@]1(C)C[C@]2(O)CC[C@@H]1O. The van der Waals surface area contributed by atoms with Gasteiger partial charge >= 0.3 is 0 Å². The molecule has 0 aromatic carbocycles. The van der Waals surface area contributed by atoms with Crippen LogP contribution >= 0.6 is 0 Å². The molecule has 3 saturated carbocycles. The minimum atomic E-state index is -0.509. The van der Waals surface area contributed by atoms with Gasteiger partial charge in [-0.1, -0.05) is 25.5 Å². The van der Waals surface area contributed by atoms with E-state index in [4.69, 9.17) is 0 Å². The lowest BCUT2D eigenvalue weighted by molar-refractivity contribution is -0.182. The Hall–Kier alpha value is -0.340. The first-order chi connectivity index (χ1) is 10.2. The Kier molecular flexibility index (Phi) is 4.01. The molecule has 0 aromatic heterocycles. The topological polar surface area (TPSA) is 40.5 Å².